The lowest BCUT2D eigenvalue weighted by molar-refractivity contribution is 0.0634. The van der Waals surface area contributed by atoms with Crippen molar-refractivity contribution in [3.05, 3.63) is 37.0 Å². The van der Waals surface area contributed by atoms with E-state index in [1.807, 2.05) is 18.2 Å². The molecule has 0 aliphatic carbocycles. The van der Waals surface area contributed by atoms with Gasteiger partial charge in [0.1, 0.15) is 0 Å². The van der Waals surface area contributed by atoms with Crippen LogP contribution in [0.3, 0.4) is 0 Å². The Morgan fingerprint density at radius 1 is 1.36 bits per heavy atom. The summed E-state index contributed by atoms with van der Waals surface area (Å²) in [5.74, 6) is 0.480. The lowest BCUT2D eigenvalue weighted by atomic mass is 9.83. The maximum atomic E-state index is 9.81. The van der Waals surface area contributed by atoms with Crippen molar-refractivity contribution in [1.29, 1.82) is 0 Å². The van der Waals surface area contributed by atoms with Gasteiger partial charge < -0.3 is 9.84 Å². The molecule has 2 heterocycles. The summed E-state index contributed by atoms with van der Waals surface area (Å²) >= 11 is 0. The number of ether oxygens (including phenoxy) is 1. The molecule has 0 saturated carbocycles. The summed E-state index contributed by atoms with van der Waals surface area (Å²) in [6, 6.07) is 0. The van der Waals surface area contributed by atoms with E-state index in [4.69, 9.17) is 4.74 Å². The number of allylic oxidation sites excluding steroid dienone is 2. The van der Waals surface area contributed by atoms with Crippen LogP contribution in [0.25, 0.3) is 0 Å². The molecule has 1 unspecified atom stereocenters. The van der Waals surface area contributed by atoms with Gasteiger partial charge in [-0.25, -0.2) is 0 Å². The fourth-order valence-electron chi connectivity index (χ4n) is 2.32. The molecule has 2 heteroatoms. The van der Waals surface area contributed by atoms with Gasteiger partial charge in [0.15, 0.2) is 0 Å². The molecule has 2 nitrogen and oxygen atoms in total. The molecule has 1 fully saturated rings. The number of hydrogen-bond acceptors (Lipinski definition) is 2. The molecule has 0 amide bonds. The Kier molecular flexibility index (Phi) is 2.57. The zero-order valence-corrected chi connectivity index (χ0v) is 8.34. The fourth-order valence-corrected chi connectivity index (χ4v) is 2.32. The van der Waals surface area contributed by atoms with Crippen molar-refractivity contribution in [3.63, 3.8) is 0 Å². The van der Waals surface area contributed by atoms with Gasteiger partial charge >= 0.3 is 0 Å². The molecule has 2 bridgehead atoms. The maximum absolute atomic E-state index is 9.81. The Hall–Kier alpha value is -0.860. The zero-order valence-electron chi connectivity index (χ0n) is 8.34. The van der Waals surface area contributed by atoms with E-state index in [0.717, 1.165) is 0 Å². The van der Waals surface area contributed by atoms with Crippen LogP contribution < -0.4 is 0 Å². The first-order chi connectivity index (χ1) is 6.74. The van der Waals surface area contributed by atoms with Gasteiger partial charge in [0.25, 0.3) is 0 Å². The van der Waals surface area contributed by atoms with Crippen molar-refractivity contribution >= 4 is 0 Å². The van der Waals surface area contributed by atoms with Gasteiger partial charge in [-0.05, 0) is 5.92 Å². The first-order valence-corrected chi connectivity index (χ1v) is 5.05. The minimum absolute atomic E-state index is 0.0259. The smallest absolute Gasteiger partial charge is 0.0826 e. The van der Waals surface area contributed by atoms with Crippen molar-refractivity contribution < 1.29 is 9.84 Å². The number of aliphatic hydroxyl groups is 1. The minimum atomic E-state index is -0.476. The van der Waals surface area contributed by atoms with E-state index in [2.05, 4.69) is 19.6 Å². The van der Waals surface area contributed by atoms with E-state index < -0.39 is 6.10 Å². The van der Waals surface area contributed by atoms with Crippen molar-refractivity contribution in [1.82, 2.24) is 0 Å². The van der Waals surface area contributed by atoms with Crippen LogP contribution >= 0.6 is 0 Å². The van der Waals surface area contributed by atoms with Crippen LogP contribution in [0.1, 0.15) is 6.92 Å². The molecule has 2 rings (SSSR count). The Bertz CT molecular complexity index is 280. The molecular formula is C12H16O2. The normalized spacial score (nSPS) is 42.1. The Morgan fingerprint density at radius 2 is 2.00 bits per heavy atom. The fraction of sp³-hybridized carbons (Fsp3) is 0.500. The number of aliphatic hydroxyl groups excluding tert-OH is 1. The molecule has 14 heavy (non-hydrogen) atoms. The number of hydrogen-bond donors (Lipinski definition) is 1. The minimum Gasteiger partial charge on any atom is -0.389 e. The molecule has 0 aromatic heterocycles. The van der Waals surface area contributed by atoms with Crippen LogP contribution in [0.4, 0.5) is 0 Å². The third kappa shape index (κ3) is 1.45. The number of fused-ring (bicyclic) bond motifs is 2. The van der Waals surface area contributed by atoms with Crippen LogP contribution in [0.2, 0.25) is 0 Å². The van der Waals surface area contributed by atoms with Gasteiger partial charge in [-0.15, -0.1) is 6.58 Å². The molecule has 2 aliphatic heterocycles. The van der Waals surface area contributed by atoms with Crippen LogP contribution in [0.5, 0.6) is 0 Å². The van der Waals surface area contributed by atoms with E-state index in [1.165, 1.54) is 0 Å². The molecule has 0 aromatic carbocycles. The Labute approximate surface area is 84.6 Å². The van der Waals surface area contributed by atoms with Gasteiger partial charge in [-0.1, -0.05) is 37.3 Å². The summed E-state index contributed by atoms with van der Waals surface area (Å²) in [5, 5.41) is 9.81. The van der Waals surface area contributed by atoms with Crippen molar-refractivity contribution in [2.24, 2.45) is 11.8 Å². The summed E-state index contributed by atoms with van der Waals surface area (Å²) in [7, 11) is 0. The first-order valence-electron chi connectivity index (χ1n) is 5.05. The lowest BCUT2D eigenvalue weighted by Gasteiger charge is -2.22. The Balaban J connectivity index is 2.23. The molecule has 5 atom stereocenters. The van der Waals surface area contributed by atoms with E-state index in [9.17, 15) is 5.11 Å². The van der Waals surface area contributed by atoms with E-state index >= 15 is 0 Å². The van der Waals surface area contributed by atoms with Crippen LogP contribution in [0, 0.1) is 11.8 Å². The van der Waals surface area contributed by atoms with E-state index in [0.29, 0.717) is 5.92 Å². The standard InChI is InChI=1S/C12H16O2/c1-3-9(13)12-8(2)10-6-4-5-7-11(12)14-10/h3-13H,1H2,2H3/t8-,9?,10-,11+,12+/m1/s1. The van der Waals surface area contributed by atoms with Crippen LogP contribution in [0.15, 0.2) is 37.0 Å². The number of rotatable bonds is 2. The summed E-state index contributed by atoms with van der Waals surface area (Å²) in [6.07, 6.45) is 9.34. The average molecular weight is 192 g/mol. The predicted molar refractivity (Wildman–Crippen MR) is 55.8 cm³/mol. The van der Waals surface area contributed by atoms with Gasteiger partial charge in [-0.3, -0.25) is 0 Å². The van der Waals surface area contributed by atoms with Gasteiger partial charge in [0, 0.05) is 5.92 Å². The molecule has 1 saturated heterocycles. The topological polar surface area (TPSA) is 29.5 Å². The lowest BCUT2D eigenvalue weighted by Crippen LogP contribution is -2.30. The van der Waals surface area contributed by atoms with Crippen LogP contribution in [-0.4, -0.2) is 23.4 Å². The highest BCUT2D eigenvalue weighted by molar-refractivity contribution is 5.18. The third-order valence-corrected chi connectivity index (χ3v) is 3.17. The second kappa shape index (κ2) is 3.71. The van der Waals surface area contributed by atoms with Gasteiger partial charge in [0.05, 0.1) is 18.3 Å². The maximum Gasteiger partial charge on any atom is 0.0826 e. The second-order valence-corrected chi connectivity index (χ2v) is 4.00. The van der Waals surface area contributed by atoms with E-state index in [-0.39, 0.29) is 18.1 Å². The molecule has 0 spiro atoms. The van der Waals surface area contributed by atoms with E-state index in [1.54, 1.807) is 6.08 Å². The third-order valence-electron chi connectivity index (χ3n) is 3.17. The second-order valence-electron chi connectivity index (χ2n) is 4.00. The van der Waals surface area contributed by atoms with Crippen LogP contribution in [-0.2, 0) is 4.74 Å². The van der Waals surface area contributed by atoms with Crippen molar-refractivity contribution in [2.45, 2.75) is 25.2 Å². The zero-order chi connectivity index (χ0) is 10.1. The highest BCUT2D eigenvalue weighted by Gasteiger charge is 2.42. The summed E-state index contributed by atoms with van der Waals surface area (Å²) in [4.78, 5) is 0. The highest BCUT2D eigenvalue weighted by atomic mass is 16.5. The summed E-state index contributed by atoms with van der Waals surface area (Å²) in [5.41, 5.74) is 0. The first kappa shape index (κ1) is 9.69. The largest absolute Gasteiger partial charge is 0.389 e. The van der Waals surface area contributed by atoms with Crippen molar-refractivity contribution in [2.75, 3.05) is 0 Å². The van der Waals surface area contributed by atoms with Gasteiger partial charge in [0.2, 0.25) is 0 Å². The molecule has 2 aliphatic rings. The average Bonchev–Trinajstić information content (AvgIpc) is 2.41. The predicted octanol–water partition coefficient (Wildman–Crippen LogP) is 1.68. The molecule has 1 N–H and O–H groups in total. The quantitative estimate of drug-likeness (QED) is 0.674. The van der Waals surface area contributed by atoms with Crippen molar-refractivity contribution in [3.8, 4) is 0 Å². The molecule has 0 radical (unpaired) electrons. The molecule has 0 aromatic rings. The summed E-state index contributed by atoms with van der Waals surface area (Å²) in [6.45, 7) is 5.75. The summed E-state index contributed by atoms with van der Waals surface area (Å²) < 4.78 is 5.79. The monoisotopic (exact) mass is 192 g/mol. The Morgan fingerprint density at radius 3 is 2.64 bits per heavy atom. The molecular weight excluding hydrogens is 176 g/mol. The molecule has 76 valence electrons. The highest BCUT2D eigenvalue weighted by Crippen LogP contribution is 2.37. The van der Waals surface area contributed by atoms with Gasteiger partial charge in [-0.2, -0.15) is 0 Å². The SMILES string of the molecule is C=CC(O)[C@@H]1[C@H](C)[C@H]2C=CC=C[C@@H]1O2.